The highest BCUT2D eigenvalue weighted by molar-refractivity contribution is 6.02. The summed E-state index contributed by atoms with van der Waals surface area (Å²) in [6.45, 7) is 1.87. The highest BCUT2D eigenvalue weighted by Gasteiger charge is 2.21. The zero-order valence-electron chi connectivity index (χ0n) is 18.9. The summed E-state index contributed by atoms with van der Waals surface area (Å²) in [5, 5.41) is 0.810. The van der Waals surface area contributed by atoms with Crippen LogP contribution in [0.15, 0.2) is 59.5 Å². The minimum atomic E-state index is -0.245. The quantitative estimate of drug-likeness (QED) is 0.415. The molecule has 0 aliphatic rings. The molecule has 0 saturated heterocycles. The molecule has 5 aromatic rings. The SMILES string of the molecule is COc1ccc(Cc2nc3c(=O)n(-c4cccnc4C)c4nc(OC)ccc4c3n2C)cc1. The number of ether oxygens (including phenoxy) is 2. The van der Waals surface area contributed by atoms with E-state index < -0.39 is 0 Å². The number of fused-ring (bicyclic) bond motifs is 3. The first kappa shape index (κ1) is 20.7. The molecular formula is C25H23N5O3. The summed E-state index contributed by atoms with van der Waals surface area (Å²) < 4.78 is 14.2. The lowest BCUT2D eigenvalue weighted by Crippen LogP contribution is -2.21. The van der Waals surface area contributed by atoms with E-state index in [-0.39, 0.29) is 5.56 Å². The molecule has 5 rings (SSSR count). The number of benzene rings is 1. The van der Waals surface area contributed by atoms with Gasteiger partial charge in [-0.3, -0.25) is 14.3 Å². The Kier molecular flexibility index (Phi) is 5.05. The van der Waals surface area contributed by atoms with Crippen molar-refractivity contribution in [1.29, 1.82) is 0 Å². The van der Waals surface area contributed by atoms with Gasteiger partial charge in [-0.1, -0.05) is 12.1 Å². The van der Waals surface area contributed by atoms with Crippen molar-refractivity contribution in [2.24, 2.45) is 7.05 Å². The normalized spacial score (nSPS) is 11.3. The second-order valence-corrected chi connectivity index (χ2v) is 7.78. The average Bonchev–Trinajstić information content (AvgIpc) is 3.16. The van der Waals surface area contributed by atoms with E-state index in [4.69, 9.17) is 14.5 Å². The summed E-state index contributed by atoms with van der Waals surface area (Å²) in [4.78, 5) is 27.5. The summed E-state index contributed by atoms with van der Waals surface area (Å²) in [6, 6.07) is 15.2. The van der Waals surface area contributed by atoms with Crippen LogP contribution in [-0.2, 0) is 13.5 Å². The zero-order chi connectivity index (χ0) is 23.1. The molecule has 0 saturated carbocycles. The zero-order valence-corrected chi connectivity index (χ0v) is 18.9. The number of hydrogen-bond acceptors (Lipinski definition) is 6. The Labute approximate surface area is 190 Å². The Morgan fingerprint density at radius 1 is 0.970 bits per heavy atom. The molecule has 4 heterocycles. The molecule has 0 atom stereocenters. The first-order valence-electron chi connectivity index (χ1n) is 10.5. The van der Waals surface area contributed by atoms with Gasteiger partial charge in [0.2, 0.25) is 5.88 Å². The van der Waals surface area contributed by atoms with Gasteiger partial charge in [0.1, 0.15) is 11.6 Å². The molecule has 0 radical (unpaired) electrons. The molecule has 0 aliphatic carbocycles. The summed E-state index contributed by atoms with van der Waals surface area (Å²) in [5.41, 5.74) is 3.85. The molecule has 0 bridgehead atoms. The van der Waals surface area contributed by atoms with Crippen LogP contribution in [0.25, 0.3) is 27.8 Å². The first-order chi connectivity index (χ1) is 16.0. The molecule has 4 aromatic heterocycles. The predicted molar refractivity (Wildman–Crippen MR) is 126 cm³/mol. The van der Waals surface area contributed by atoms with E-state index in [1.54, 1.807) is 37.1 Å². The molecule has 1 aromatic carbocycles. The van der Waals surface area contributed by atoms with Crippen molar-refractivity contribution in [3.63, 3.8) is 0 Å². The van der Waals surface area contributed by atoms with Gasteiger partial charge in [-0.15, -0.1) is 0 Å². The molecule has 8 heteroatoms. The van der Waals surface area contributed by atoms with E-state index in [0.29, 0.717) is 29.2 Å². The molecule has 0 amide bonds. The lowest BCUT2D eigenvalue weighted by molar-refractivity contribution is 0.399. The van der Waals surface area contributed by atoms with E-state index in [9.17, 15) is 4.79 Å². The van der Waals surface area contributed by atoms with Gasteiger partial charge < -0.3 is 14.0 Å². The van der Waals surface area contributed by atoms with Crippen LogP contribution in [0.5, 0.6) is 11.6 Å². The minimum absolute atomic E-state index is 0.245. The number of aromatic nitrogens is 5. The topological polar surface area (TPSA) is 84.1 Å². The third kappa shape index (κ3) is 3.40. The fourth-order valence-corrected chi connectivity index (χ4v) is 4.12. The van der Waals surface area contributed by atoms with Crippen molar-refractivity contribution in [1.82, 2.24) is 24.1 Å². The van der Waals surface area contributed by atoms with Gasteiger partial charge in [0.25, 0.3) is 5.56 Å². The van der Waals surface area contributed by atoms with Gasteiger partial charge in [0.05, 0.1) is 31.1 Å². The third-order valence-electron chi connectivity index (χ3n) is 5.86. The smallest absolute Gasteiger partial charge is 0.284 e. The van der Waals surface area contributed by atoms with E-state index in [1.807, 2.05) is 54.9 Å². The molecule has 0 unspecified atom stereocenters. The van der Waals surface area contributed by atoms with Crippen molar-refractivity contribution in [3.05, 3.63) is 82.2 Å². The van der Waals surface area contributed by atoms with Crippen molar-refractivity contribution < 1.29 is 9.47 Å². The average molecular weight is 441 g/mol. The van der Waals surface area contributed by atoms with Crippen molar-refractivity contribution in [2.45, 2.75) is 13.3 Å². The van der Waals surface area contributed by atoms with Crippen molar-refractivity contribution in [2.75, 3.05) is 14.2 Å². The number of hydrogen-bond donors (Lipinski definition) is 0. The number of pyridine rings is 3. The number of methoxy groups -OCH3 is 2. The second kappa shape index (κ2) is 8.05. The summed E-state index contributed by atoms with van der Waals surface area (Å²) in [6.07, 6.45) is 2.28. The van der Waals surface area contributed by atoms with Gasteiger partial charge in [0.15, 0.2) is 11.2 Å². The fraction of sp³-hybridized carbons (Fsp3) is 0.200. The number of rotatable bonds is 5. The maximum atomic E-state index is 13.8. The summed E-state index contributed by atoms with van der Waals surface area (Å²) in [7, 11) is 5.13. The fourth-order valence-electron chi connectivity index (χ4n) is 4.12. The number of aryl methyl sites for hydroxylation is 2. The van der Waals surface area contributed by atoms with E-state index >= 15 is 0 Å². The van der Waals surface area contributed by atoms with Crippen LogP contribution in [0.3, 0.4) is 0 Å². The Bertz CT molecular complexity index is 1550. The highest BCUT2D eigenvalue weighted by Crippen LogP contribution is 2.27. The van der Waals surface area contributed by atoms with Crippen LogP contribution in [0.2, 0.25) is 0 Å². The van der Waals surface area contributed by atoms with Crippen LogP contribution in [-0.4, -0.2) is 38.3 Å². The van der Waals surface area contributed by atoms with Crippen molar-refractivity contribution in [3.8, 4) is 17.3 Å². The Morgan fingerprint density at radius 3 is 2.45 bits per heavy atom. The molecule has 166 valence electrons. The lowest BCUT2D eigenvalue weighted by Gasteiger charge is -2.13. The Balaban J connectivity index is 1.79. The van der Waals surface area contributed by atoms with Gasteiger partial charge in [-0.2, -0.15) is 4.98 Å². The monoisotopic (exact) mass is 441 g/mol. The van der Waals surface area contributed by atoms with Crippen LogP contribution in [0, 0.1) is 6.92 Å². The van der Waals surface area contributed by atoms with E-state index in [0.717, 1.165) is 33.7 Å². The molecule has 0 spiro atoms. The van der Waals surface area contributed by atoms with Gasteiger partial charge in [0, 0.05) is 31.1 Å². The van der Waals surface area contributed by atoms with Gasteiger partial charge >= 0.3 is 0 Å². The lowest BCUT2D eigenvalue weighted by atomic mass is 10.1. The van der Waals surface area contributed by atoms with Crippen LogP contribution in [0.1, 0.15) is 17.1 Å². The molecule has 8 nitrogen and oxygen atoms in total. The Hall–Kier alpha value is -4.20. The van der Waals surface area contributed by atoms with Gasteiger partial charge in [-0.05, 0) is 42.8 Å². The molecule has 0 N–H and O–H groups in total. The largest absolute Gasteiger partial charge is 0.497 e. The maximum absolute atomic E-state index is 13.8. The number of nitrogens with zero attached hydrogens (tertiary/aromatic N) is 5. The first-order valence-corrected chi connectivity index (χ1v) is 10.5. The summed E-state index contributed by atoms with van der Waals surface area (Å²) in [5.74, 6) is 2.01. The van der Waals surface area contributed by atoms with Crippen LogP contribution in [0.4, 0.5) is 0 Å². The number of imidazole rings is 1. The minimum Gasteiger partial charge on any atom is -0.497 e. The molecule has 0 fully saturated rings. The Morgan fingerprint density at radius 2 is 1.76 bits per heavy atom. The highest BCUT2D eigenvalue weighted by atomic mass is 16.5. The maximum Gasteiger partial charge on any atom is 0.284 e. The van der Waals surface area contributed by atoms with Crippen LogP contribution < -0.4 is 15.0 Å². The van der Waals surface area contributed by atoms with Crippen molar-refractivity contribution >= 4 is 22.1 Å². The second-order valence-electron chi connectivity index (χ2n) is 7.78. The predicted octanol–water partition coefficient (Wildman–Crippen LogP) is 3.58. The summed E-state index contributed by atoms with van der Waals surface area (Å²) >= 11 is 0. The van der Waals surface area contributed by atoms with E-state index in [1.165, 1.54) is 0 Å². The van der Waals surface area contributed by atoms with Gasteiger partial charge in [-0.25, -0.2) is 4.98 Å². The molecule has 33 heavy (non-hydrogen) atoms. The molecular weight excluding hydrogens is 418 g/mol. The van der Waals surface area contributed by atoms with E-state index in [2.05, 4.69) is 9.97 Å². The third-order valence-corrected chi connectivity index (χ3v) is 5.86. The standard InChI is InChI=1S/C25H23N5O3/c1-15-19(6-5-13-26-15)30-24-18(11-12-21(28-24)33-4)23-22(25(30)31)27-20(29(23)2)14-16-7-9-17(32-3)10-8-16/h5-13H,14H2,1-4H3. The molecule has 0 aliphatic heterocycles. The van der Waals surface area contributed by atoms with Crippen LogP contribution >= 0.6 is 0 Å².